The molecule has 4 N–H and O–H groups in total. The van der Waals surface area contributed by atoms with Crippen molar-refractivity contribution >= 4 is 16.0 Å². The lowest BCUT2D eigenvalue weighted by Crippen LogP contribution is -2.48. The second kappa shape index (κ2) is 8.10. The van der Waals surface area contributed by atoms with Crippen LogP contribution in [0.3, 0.4) is 0 Å². The van der Waals surface area contributed by atoms with Crippen LogP contribution in [0.1, 0.15) is 30.4 Å². The predicted octanol–water partition coefficient (Wildman–Crippen LogP) is 2.12. The summed E-state index contributed by atoms with van der Waals surface area (Å²) in [6, 6.07) is 17.2. The van der Waals surface area contributed by atoms with Crippen LogP contribution in [0.4, 0.5) is 0 Å². The molecule has 2 aromatic carbocycles. The van der Waals surface area contributed by atoms with Crippen molar-refractivity contribution in [1.29, 1.82) is 0 Å². The van der Waals surface area contributed by atoms with Crippen molar-refractivity contribution < 1.29 is 8.42 Å². The number of nitrogens with one attached hydrogen (secondary N) is 2. The van der Waals surface area contributed by atoms with E-state index < -0.39 is 10.0 Å². The molecule has 7 heteroatoms. The number of hydrogen-bond donors (Lipinski definition) is 3. The van der Waals surface area contributed by atoms with Gasteiger partial charge in [-0.1, -0.05) is 48.9 Å². The van der Waals surface area contributed by atoms with Gasteiger partial charge in [0.25, 0.3) is 0 Å². The maximum absolute atomic E-state index is 11.5. The Labute approximate surface area is 160 Å². The lowest BCUT2D eigenvalue weighted by molar-refractivity contribution is 0.244. The summed E-state index contributed by atoms with van der Waals surface area (Å²) in [5, 5.41) is 11.9. The summed E-state index contributed by atoms with van der Waals surface area (Å²) in [7, 11) is -1.97. The van der Waals surface area contributed by atoms with E-state index in [-0.39, 0.29) is 10.3 Å². The molecule has 0 atom stereocenters. The number of hydrogen-bond acceptors (Lipinski definition) is 3. The third-order valence-corrected chi connectivity index (χ3v) is 6.11. The van der Waals surface area contributed by atoms with E-state index in [1.165, 1.54) is 18.1 Å². The molecule has 0 aliphatic heterocycles. The van der Waals surface area contributed by atoms with Crippen molar-refractivity contribution in [2.75, 3.05) is 13.6 Å². The minimum Gasteiger partial charge on any atom is -0.356 e. The lowest BCUT2D eigenvalue weighted by atomic mass is 9.64. The molecule has 0 amide bonds. The number of sulfonamides is 1. The zero-order valence-electron chi connectivity index (χ0n) is 15.5. The Morgan fingerprint density at radius 1 is 1.11 bits per heavy atom. The summed E-state index contributed by atoms with van der Waals surface area (Å²) in [6.07, 6.45) is 3.57. The lowest BCUT2D eigenvalue weighted by Gasteiger charge is -2.43. The first-order chi connectivity index (χ1) is 12.9. The summed E-state index contributed by atoms with van der Waals surface area (Å²) in [5.41, 5.74) is 2.35. The van der Waals surface area contributed by atoms with Crippen molar-refractivity contribution in [2.45, 2.75) is 36.1 Å². The van der Waals surface area contributed by atoms with Crippen LogP contribution in [-0.4, -0.2) is 28.0 Å². The Bertz CT molecular complexity index is 907. The number of guanidine groups is 1. The second-order valence-electron chi connectivity index (χ2n) is 6.97. The molecule has 0 spiro atoms. The molecule has 1 aliphatic carbocycles. The van der Waals surface area contributed by atoms with Crippen molar-refractivity contribution in [3.8, 4) is 0 Å². The first-order valence-corrected chi connectivity index (χ1v) is 10.6. The number of nitrogens with zero attached hydrogens (tertiary/aromatic N) is 1. The van der Waals surface area contributed by atoms with E-state index in [4.69, 9.17) is 5.14 Å². The van der Waals surface area contributed by atoms with E-state index >= 15 is 0 Å². The SMILES string of the molecule is CN=C(NCc1cccc(S(N)(=O)=O)c1)NCC1(c2ccccc2)CCC1. The molecule has 0 heterocycles. The third-order valence-electron chi connectivity index (χ3n) is 5.20. The molecule has 0 bridgehead atoms. The van der Waals surface area contributed by atoms with E-state index in [0.29, 0.717) is 12.5 Å². The monoisotopic (exact) mass is 386 g/mol. The Kier molecular flexibility index (Phi) is 5.82. The zero-order valence-corrected chi connectivity index (χ0v) is 16.3. The number of nitrogens with two attached hydrogens (primary N) is 1. The Hall–Kier alpha value is -2.38. The molecule has 3 rings (SSSR count). The normalized spacial score (nSPS) is 16.4. The van der Waals surface area contributed by atoms with Gasteiger partial charge in [0, 0.05) is 25.6 Å². The molecule has 144 valence electrons. The van der Waals surface area contributed by atoms with Crippen LogP contribution in [-0.2, 0) is 22.0 Å². The average Bonchev–Trinajstić information content (AvgIpc) is 2.63. The first-order valence-electron chi connectivity index (χ1n) is 9.05. The highest BCUT2D eigenvalue weighted by Gasteiger charge is 2.38. The number of aliphatic imine (C=N–C) groups is 1. The highest BCUT2D eigenvalue weighted by atomic mass is 32.2. The number of benzene rings is 2. The van der Waals surface area contributed by atoms with Gasteiger partial charge >= 0.3 is 0 Å². The van der Waals surface area contributed by atoms with E-state index in [1.807, 2.05) is 12.1 Å². The first kappa shape index (κ1) is 19.4. The maximum atomic E-state index is 11.5. The molecular formula is C20H26N4O2S. The fraction of sp³-hybridized carbons (Fsp3) is 0.350. The summed E-state index contributed by atoms with van der Waals surface area (Å²) >= 11 is 0. The summed E-state index contributed by atoms with van der Waals surface area (Å²) in [4.78, 5) is 4.39. The molecule has 2 aromatic rings. The zero-order chi connectivity index (χ0) is 19.3. The smallest absolute Gasteiger partial charge is 0.238 e. The van der Waals surface area contributed by atoms with Gasteiger partial charge in [-0.05, 0) is 36.1 Å². The Morgan fingerprint density at radius 2 is 1.85 bits per heavy atom. The van der Waals surface area contributed by atoms with Crippen LogP contribution in [0.5, 0.6) is 0 Å². The van der Waals surface area contributed by atoms with Crippen LogP contribution in [0.2, 0.25) is 0 Å². The average molecular weight is 387 g/mol. The van der Waals surface area contributed by atoms with Crippen LogP contribution >= 0.6 is 0 Å². The van der Waals surface area contributed by atoms with Gasteiger partial charge in [-0.2, -0.15) is 0 Å². The van der Waals surface area contributed by atoms with Gasteiger partial charge in [-0.3, -0.25) is 4.99 Å². The molecule has 0 aromatic heterocycles. The van der Waals surface area contributed by atoms with E-state index in [1.54, 1.807) is 19.2 Å². The van der Waals surface area contributed by atoms with E-state index in [0.717, 1.165) is 24.9 Å². The highest BCUT2D eigenvalue weighted by Crippen LogP contribution is 2.43. The van der Waals surface area contributed by atoms with Gasteiger partial charge < -0.3 is 10.6 Å². The molecule has 0 radical (unpaired) electrons. The third kappa shape index (κ3) is 4.67. The molecule has 1 fully saturated rings. The molecule has 1 saturated carbocycles. The minimum absolute atomic E-state index is 0.113. The van der Waals surface area contributed by atoms with E-state index in [2.05, 4.69) is 39.9 Å². The van der Waals surface area contributed by atoms with Crippen LogP contribution in [0.15, 0.2) is 64.5 Å². The van der Waals surface area contributed by atoms with Gasteiger partial charge in [0.1, 0.15) is 0 Å². The van der Waals surface area contributed by atoms with Crippen molar-refractivity contribution in [3.63, 3.8) is 0 Å². The molecule has 6 nitrogen and oxygen atoms in total. The van der Waals surface area contributed by atoms with Crippen molar-refractivity contribution in [3.05, 3.63) is 65.7 Å². The summed E-state index contributed by atoms with van der Waals surface area (Å²) in [6.45, 7) is 1.27. The number of rotatable bonds is 6. The fourth-order valence-corrected chi connectivity index (χ4v) is 4.04. The topological polar surface area (TPSA) is 96.6 Å². The molecule has 0 unspecified atom stereocenters. The Morgan fingerprint density at radius 3 is 2.44 bits per heavy atom. The second-order valence-corrected chi connectivity index (χ2v) is 8.53. The van der Waals surface area contributed by atoms with Gasteiger partial charge in [0.2, 0.25) is 10.0 Å². The van der Waals surface area contributed by atoms with Crippen molar-refractivity contribution in [1.82, 2.24) is 10.6 Å². The molecule has 1 aliphatic rings. The highest BCUT2D eigenvalue weighted by molar-refractivity contribution is 7.89. The quantitative estimate of drug-likeness (QED) is 0.523. The van der Waals surface area contributed by atoms with Crippen LogP contribution in [0.25, 0.3) is 0 Å². The standard InChI is InChI=1S/C20H26N4O2S/c1-22-19(23-14-16-7-5-10-18(13-16)27(21,25)26)24-15-20(11-6-12-20)17-8-3-2-4-9-17/h2-5,7-10,13H,6,11-12,14-15H2,1H3,(H2,21,25,26)(H2,22,23,24). The molecular weight excluding hydrogens is 360 g/mol. The predicted molar refractivity (Wildman–Crippen MR) is 108 cm³/mol. The Balaban J connectivity index is 1.60. The van der Waals surface area contributed by atoms with Gasteiger partial charge in [-0.15, -0.1) is 0 Å². The fourth-order valence-electron chi connectivity index (χ4n) is 3.45. The number of primary sulfonamides is 1. The van der Waals surface area contributed by atoms with E-state index in [9.17, 15) is 8.42 Å². The van der Waals surface area contributed by atoms with Crippen LogP contribution < -0.4 is 15.8 Å². The van der Waals surface area contributed by atoms with Crippen LogP contribution in [0, 0.1) is 0 Å². The van der Waals surface area contributed by atoms with Gasteiger partial charge in [0.05, 0.1) is 4.90 Å². The summed E-state index contributed by atoms with van der Waals surface area (Å²) < 4.78 is 23.0. The van der Waals surface area contributed by atoms with Crippen molar-refractivity contribution in [2.24, 2.45) is 10.1 Å². The minimum atomic E-state index is -3.70. The van der Waals surface area contributed by atoms with Gasteiger partial charge in [-0.25, -0.2) is 13.6 Å². The maximum Gasteiger partial charge on any atom is 0.238 e. The molecule has 27 heavy (non-hydrogen) atoms. The largest absolute Gasteiger partial charge is 0.356 e. The van der Waals surface area contributed by atoms with Gasteiger partial charge in [0.15, 0.2) is 5.96 Å². The summed E-state index contributed by atoms with van der Waals surface area (Å²) in [5.74, 6) is 0.693. The molecule has 0 saturated heterocycles.